The Labute approximate surface area is 110 Å². The number of aromatic nitrogens is 4. The third-order valence-electron chi connectivity index (χ3n) is 3.60. The molecule has 0 amide bonds. The number of fused-ring (bicyclic) bond motifs is 1. The summed E-state index contributed by atoms with van der Waals surface area (Å²) in [5, 5.41) is 9.59. The Morgan fingerprint density at radius 2 is 2.53 bits per heavy atom. The largest absolute Gasteiger partial charge is 0.378 e. The van der Waals surface area contributed by atoms with Crippen molar-refractivity contribution < 1.29 is 4.74 Å². The molecular weight excluding hydrogens is 246 g/mol. The SMILES string of the molecule is CCC1OCCC1CNc1cc2n[nH]c(=O)n2cn1. The Morgan fingerprint density at radius 3 is 3.37 bits per heavy atom. The van der Waals surface area contributed by atoms with E-state index in [4.69, 9.17) is 4.74 Å². The molecule has 0 aliphatic carbocycles. The minimum Gasteiger partial charge on any atom is -0.378 e. The number of aromatic amines is 1. The van der Waals surface area contributed by atoms with Crippen LogP contribution >= 0.6 is 0 Å². The molecule has 3 heterocycles. The summed E-state index contributed by atoms with van der Waals surface area (Å²) in [5.41, 5.74) is 0.293. The highest BCUT2D eigenvalue weighted by Gasteiger charge is 2.26. The van der Waals surface area contributed by atoms with Crippen LogP contribution in [0.2, 0.25) is 0 Å². The summed E-state index contributed by atoms with van der Waals surface area (Å²) >= 11 is 0. The van der Waals surface area contributed by atoms with E-state index in [-0.39, 0.29) is 5.69 Å². The van der Waals surface area contributed by atoms with E-state index in [1.54, 1.807) is 6.07 Å². The van der Waals surface area contributed by atoms with Crippen molar-refractivity contribution in [1.29, 1.82) is 0 Å². The fourth-order valence-corrected chi connectivity index (χ4v) is 2.52. The second kappa shape index (κ2) is 5.00. The number of anilines is 1. The second-order valence-corrected chi connectivity index (χ2v) is 4.78. The normalized spacial score (nSPS) is 23.0. The van der Waals surface area contributed by atoms with E-state index in [0.29, 0.717) is 17.7 Å². The van der Waals surface area contributed by atoms with Gasteiger partial charge in [-0.1, -0.05) is 6.92 Å². The molecular formula is C12H17N5O2. The molecule has 7 heteroatoms. The van der Waals surface area contributed by atoms with Gasteiger partial charge >= 0.3 is 5.69 Å². The van der Waals surface area contributed by atoms with Gasteiger partial charge in [-0.25, -0.2) is 19.3 Å². The summed E-state index contributed by atoms with van der Waals surface area (Å²) < 4.78 is 7.03. The standard InChI is InChI=1S/C12H17N5O2/c1-2-9-8(3-4-19-9)6-13-10-5-11-15-16-12(18)17(11)7-14-10/h5,7-9,13H,2-4,6H2,1H3,(H,16,18). The lowest BCUT2D eigenvalue weighted by Crippen LogP contribution is -2.23. The first-order chi connectivity index (χ1) is 9.28. The molecule has 102 valence electrons. The third kappa shape index (κ3) is 2.33. The van der Waals surface area contributed by atoms with Crippen LogP contribution in [0.25, 0.3) is 5.65 Å². The molecule has 0 radical (unpaired) electrons. The van der Waals surface area contributed by atoms with Crippen LogP contribution in [0.5, 0.6) is 0 Å². The van der Waals surface area contributed by atoms with Gasteiger partial charge in [0.1, 0.15) is 12.1 Å². The molecule has 0 aromatic carbocycles. The monoisotopic (exact) mass is 263 g/mol. The van der Waals surface area contributed by atoms with Crippen molar-refractivity contribution in [3.8, 4) is 0 Å². The highest BCUT2D eigenvalue weighted by Crippen LogP contribution is 2.23. The molecule has 7 nitrogen and oxygen atoms in total. The predicted octanol–water partition coefficient (Wildman–Crippen LogP) is 0.645. The predicted molar refractivity (Wildman–Crippen MR) is 70.2 cm³/mol. The van der Waals surface area contributed by atoms with Crippen molar-refractivity contribution in [2.45, 2.75) is 25.9 Å². The Morgan fingerprint density at radius 1 is 1.63 bits per heavy atom. The van der Waals surface area contributed by atoms with Gasteiger partial charge in [-0.15, -0.1) is 0 Å². The molecule has 1 saturated heterocycles. The van der Waals surface area contributed by atoms with Crippen molar-refractivity contribution >= 4 is 11.5 Å². The Hall–Kier alpha value is -1.89. The zero-order chi connectivity index (χ0) is 13.2. The molecule has 0 bridgehead atoms. The van der Waals surface area contributed by atoms with E-state index in [0.717, 1.165) is 31.8 Å². The lowest BCUT2D eigenvalue weighted by Gasteiger charge is -2.17. The molecule has 2 N–H and O–H groups in total. The summed E-state index contributed by atoms with van der Waals surface area (Å²) in [7, 11) is 0. The van der Waals surface area contributed by atoms with Gasteiger partial charge in [0.25, 0.3) is 0 Å². The minimum atomic E-state index is -0.274. The van der Waals surface area contributed by atoms with Crippen LogP contribution in [-0.4, -0.2) is 38.8 Å². The molecule has 2 atom stereocenters. The molecule has 1 aliphatic heterocycles. The van der Waals surface area contributed by atoms with Crippen molar-refractivity contribution in [1.82, 2.24) is 19.6 Å². The molecule has 2 unspecified atom stereocenters. The van der Waals surface area contributed by atoms with Crippen LogP contribution in [-0.2, 0) is 4.74 Å². The maximum absolute atomic E-state index is 11.3. The van der Waals surface area contributed by atoms with E-state index in [1.165, 1.54) is 10.7 Å². The summed E-state index contributed by atoms with van der Waals surface area (Å²) in [6.45, 7) is 3.81. The van der Waals surface area contributed by atoms with Crippen LogP contribution < -0.4 is 11.0 Å². The molecule has 1 fully saturated rings. The van der Waals surface area contributed by atoms with Gasteiger partial charge in [-0.2, -0.15) is 5.10 Å². The van der Waals surface area contributed by atoms with Crippen LogP contribution in [0.15, 0.2) is 17.2 Å². The van der Waals surface area contributed by atoms with E-state index < -0.39 is 0 Å². The number of nitrogens with one attached hydrogen (secondary N) is 2. The number of nitrogens with zero attached hydrogens (tertiary/aromatic N) is 3. The Bertz CT molecular complexity index is 620. The van der Waals surface area contributed by atoms with Gasteiger partial charge in [0.2, 0.25) is 0 Å². The molecule has 0 spiro atoms. The average Bonchev–Trinajstić information content (AvgIpc) is 3.03. The number of hydrogen-bond donors (Lipinski definition) is 2. The van der Waals surface area contributed by atoms with Gasteiger partial charge in [0.05, 0.1) is 6.10 Å². The zero-order valence-corrected chi connectivity index (χ0v) is 10.8. The minimum absolute atomic E-state index is 0.274. The van der Waals surface area contributed by atoms with E-state index in [1.807, 2.05) is 0 Å². The maximum Gasteiger partial charge on any atom is 0.348 e. The van der Waals surface area contributed by atoms with Crippen LogP contribution in [0, 0.1) is 5.92 Å². The van der Waals surface area contributed by atoms with Crippen LogP contribution in [0.3, 0.4) is 0 Å². The van der Waals surface area contributed by atoms with Crippen molar-refractivity contribution in [2.75, 3.05) is 18.5 Å². The maximum atomic E-state index is 11.3. The van der Waals surface area contributed by atoms with E-state index in [2.05, 4.69) is 27.4 Å². The molecule has 1 aliphatic rings. The molecule has 0 saturated carbocycles. The number of H-pyrrole nitrogens is 1. The van der Waals surface area contributed by atoms with Crippen LogP contribution in [0.1, 0.15) is 19.8 Å². The highest BCUT2D eigenvalue weighted by molar-refractivity contribution is 5.48. The summed E-state index contributed by atoms with van der Waals surface area (Å²) in [6.07, 6.45) is 3.93. The molecule has 3 rings (SSSR count). The molecule has 2 aromatic heterocycles. The zero-order valence-electron chi connectivity index (χ0n) is 10.8. The number of ether oxygens (including phenoxy) is 1. The summed E-state index contributed by atoms with van der Waals surface area (Å²) in [5.74, 6) is 1.25. The van der Waals surface area contributed by atoms with Gasteiger partial charge in [0.15, 0.2) is 5.65 Å². The third-order valence-corrected chi connectivity index (χ3v) is 3.60. The van der Waals surface area contributed by atoms with Gasteiger partial charge < -0.3 is 10.1 Å². The fourth-order valence-electron chi connectivity index (χ4n) is 2.52. The smallest absolute Gasteiger partial charge is 0.348 e. The van der Waals surface area contributed by atoms with Gasteiger partial charge in [0, 0.05) is 25.1 Å². The Kier molecular flexibility index (Phi) is 3.20. The summed E-state index contributed by atoms with van der Waals surface area (Å²) in [6, 6.07) is 1.76. The van der Waals surface area contributed by atoms with Crippen molar-refractivity contribution in [3.63, 3.8) is 0 Å². The lowest BCUT2D eigenvalue weighted by atomic mass is 10.00. The first-order valence-electron chi connectivity index (χ1n) is 6.56. The van der Waals surface area contributed by atoms with Crippen LogP contribution in [0.4, 0.5) is 5.82 Å². The summed E-state index contributed by atoms with van der Waals surface area (Å²) in [4.78, 5) is 15.5. The van der Waals surface area contributed by atoms with E-state index in [9.17, 15) is 4.79 Å². The average molecular weight is 263 g/mol. The quantitative estimate of drug-likeness (QED) is 0.846. The molecule has 2 aromatic rings. The van der Waals surface area contributed by atoms with Crippen molar-refractivity contribution in [3.05, 3.63) is 22.9 Å². The topological polar surface area (TPSA) is 84.3 Å². The highest BCUT2D eigenvalue weighted by atomic mass is 16.5. The first kappa shape index (κ1) is 12.2. The Balaban J connectivity index is 1.69. The number of rotatable bonds is 4. The second-order valence-electron chi connectivity index (χ2n) is 4.78. The van der Waals surface area contributed by atoms with E-state index >= 15 is 0 Å². The first-order valence-corrected chi connectivity index (χ1v) is 6.56. The number of hydrogen-bond acceptors (Lipinski definition) is 5. The van der Waals surface area contributed by atoms with Gasteiger partial charge in [-0.05, 0) is 12.8 Å². The van der Waals surface area contributed by atoms with Gasteiger partial charge in [-0.3, -0.25) is 0 Å². The fraction of sp³-hybridized carbons (Fsp3) is 0.583. The molecule has 19 heavy (non-hydrogen) atoms. The lowest BCUT2D eigenvalue weighted by molar-refractivity contribution is 0.0900. The van der Waals surface area contributed by atoms with Crippen molar-refractivity contribution in [2.24, 2.45) is 5.92 Å².